The Labute approximate surface area is 92.8 Å². The second kappa shape index (κ2) is 3.69. The number of aromatic nitrogens is 1. The number of rotatable bonds is 1. The van der Waals surface area contributed by atoms with E-state index in [4.69, 9.17) is 0 Å². The van der Waals surface area contributed by atoms with Crippen molar-refractivity contribution in [2.24, 2.45) is 0 Å². The Morgan fingerprint density at radius 2 is 2.00 bits per heavy atom. The van der Waals surface area contributed by atoms with Gasteiger partial charge in [0, 0.05) is 17.6 Å². The van der Waals surface area contributed by atoms with Crippen LogP contribution in [0.3, 0.4) is 0 Å². The van der Waals surface area contributed by atoms with Gasteiger partial charge in [0.15, 0.2) is 0 Å². The van der Waals surface area contributed by atoms with Crippen molar-refractivity contribution in [3.8, 4) is 0 Å². The van der Waals surface area contributed by atoms with E-state index >= 15 is 0 Å². The van der Waals surface area contributed by atoms with E-state index in [1.807, 2.05) is 0 Å². The van der Waals surface area contributed by atoms with E-state index in [1.54, 1.807) is 0 Å². The normalized spacial score (nSPS) is 11.7. The number of nitrogens with zero attached hydrogens (tertiary/aromatic N) is 2. The molecule has 0 fully saturated rings. The quantitative estimate of drug-likeness (QED) is 0.570. The first-order valence-corrected chi connectivity index (χ1v) is 4.50. The lowest BCUT2D eigenvalue weighted by atomic mass is 10.1. The minimum absolute atomic E-state index is 0.0505. The number of alkyl halides is 3. The molecule has 0 aliphatic rings. The molecule has 0 bridgehead atoms. The molecule has 0 spiro atoms. The van der Waals surface area contributed by atoms with Gasteiger partial charge in [-0.05, 0) is 6.07 Å². The number of para-hydroxylation sites is 1. The number of non-ortho nitro benzene ring substituents is 1. The molecular formula is C10H5F3N2O2. The van der Waals surface area contributed by atoms with E-state index < -0.39 is 16.7 Å². The Balaban J connectivity index is 2.69. The van der Waals surface area contributed by atoms with Gasteiger partial charge in [0.05, 0.1) is 10.5 Å². The molecule has 0 saturated heterocycles. The van der Waals surface area contributed by atoms with Gasteiger partial charge in [-0.2, -0.15) is 13.2 Å². The largest absolute Gasteiger partial charge is 0.417 e. The molecule has 0 amide bonds. The molecule has 88 valence electrons. The smallest absolute Gasteiger partial charge is 0.258 e. The standard InChI is InChI=1S/C10H5F3N2O2/c11-10(12,13)7-4-6-2-1-3-8(15(16)17)9(6)14-5-7/h1-5H. The molecule has 0 unspecified atom stereocenters. The minimum Gasteiger partial charge on any atom is -0.258 e. The number of fused-ring (bicyclic) bond motifs is 1. The maximum absolute atomic E-state index is 12.4. The van der Waals surface area contributed by atoms with E-state index in [0.29, 0.717) is 6.20 Å². The third-order valence-electron chi connectivity index (χ3n) is 2.21. The van der Waals surface area contributed by atoms with Crippen LogP contribution in [0.5, 0.6) is 0 Å². The molecular weight excluding hydrogens is 237 g/mol. The first-order valence-electron chi connectivity index (χ1n) is 4.50. The van der Waals surface area contributed by atoms with E-state index in [9.17, 15) is 23.3 Å². The Bertz CT molecular complexity index is 596. The molecule has 4 nitrogen and oxygen atoms in total. The van der Waals surface area contributed by atoms with E-state index in [-0.39, 0.29) is 16.6 Å². The van der Waals surface area contributed by atoms with Gasteiger partial charge in [-0.25, -0.2) is 4.98 Å². The van der Waals surface area contributed by atoms with Gasteiger partial charge in [0.25, 0.3) is 5.69 Å². The molecule has 7 heteroatoms. The molecule has 1 aromatic heterocycles. The van der Waals surface area contributed by atoms with Gasteiger partial charge < -0.3 is 0 Å². The molecule has 17 heavy (non-hydrogen) atoms. The van der Waals surface area contributed by atoms with Crippen LogP contribution in [0.4, 0.5) is 18.9 Å². The predicted octanol–water partition coefficient (Wildman–Crippen LogP) is 3.16. The molecule has 1 aromatic carbocycles. The lowest BCUT2D eigenvalue weighted by Gasteiger charge is -2.06. The Morgan fingerprint density at radius 3 is 2.59 bits per heavy atom. The van der Waals surface area contributed by atoms with Crippen LogP contribution in [0.25, 0.3) is 10.9 Å². The highest BCUT2D eigenvalue weighted by Gasteiger charge is 2.31. The topological polar surface area (TPSA) is 56.0 Å². The van der Waals surface area contributed by atoms with Gasteiger partial charge in [0.2, 0.25) is 0 Å². The molecule has 2 rings (SSSR count). The zero-order valence-electron chi connectivity index (χ0n) is 8.23. The van der Waals surface area contributed by atoms with Crippen molar-refractivity contribution >= 4 is 16.6 Å². The molecule has 0 saturated carbocycles. The highest BCUT2D eigenvalue weighted by atomic mass is 19.4. The van der Waals surface area contributed by atoms with Crippen molar-refractivity contribution in [1.29, 1.82) is 0 Å². The summed E-state index contributed by atoms with van der Waals surface area (Å²) in [6.07, 6.45) is -3.92. The Kier molecular flexibility index (Phi) is 2.45. The second-order valence-electron chi connectivity index (χ2n) is 3.33. The van der Waals surface area contributed by atoms with Crippen molar-refractivity contribution in [2.75, 3.05) is 0 Å². The van der Waals surface area contributed by atoms with Crippen molar-refractivity contribution in [3.63, 3.8) is 0 Å². The molecule has 0 N–H and O–H groups in total. The van der Waals surface area contributed by atoms with Crippen LogP contribution in [-0.2, 0) is 6.18 Å². The summed E-state index contributed by atoms with van der Waals surface area (Å²) in [5, 5.41) is 10.7. The van der Waals surface area contributed by atoms with E-state index in [1.165, 1.54) is 18.2 Å². The van der Waals surface area contributed by atoms with Crippen LogP contribution in [0, 0.1) is 10.1 Å². The van der Waals surface area contributed by atoms with Crippen LogP contribution in [-0.4, -0.2) is 9.91 Å². The fraction of sp³-hybridized carbons (Fsp3) is 0.100. The van der Waals surface area contributed by atoms with Crippen LogP contribution in [0.1, 0.15) is 5.56 Å². The van der Waals surface area contributed by atoms with Crippen molar-refractivity contribution < 1.29 is 18.1 Å². The van der Waals surface area contributed by atoms with E-state index in [0.717, 1.165) is 6.07 Å². The lowest BCUT2D eigenvalue weighted by Crippen LogP contribution is -2.05. The number of benzene rings is 1. The zero-order chi connectivity index (χ0) is 12.6. The highest BCUT2D eigenvalue weighted by Crippen LogP contribution is 2.32. The predicted molar refractivity (Wildman–Crippen MR) is 53.4 cm³/mol. The lowest BCUT2D eigenvalue weighted by molar-refractivity contribution is -0.383. The third-order valence-corrected chi connectivity index (χ3v) is 2.21. The number of nitro groups is 1. The molecule has 0 atom stereocenters. The molecule has 0 aliphatic carbocycles. The van der Waals surface area contributed by atoms with Crippen LogP contribution >= 0.6 is 0 Å². The summed E-state index contributed by atoms with van der Waals surface area (Å²) in [7, 11) is 0. The zero-order valence-corrected chi connectivity index (χ0v) is 8.23. The first-order chi connectivity index (χ1) is 7.89. The average Bonchev–Trinajstić information content (AvgIpc) is 2.26. The Morgan fingerprint density at radius 1 is 1.29 bits per heavy atom. The minimum atomic E-state index is -4.51. The van der Waals surface area contributed by atoms with Crippen molar-refractivity contribution in [2.45, 2.75) is 6.18 Å². The van der Waals surface area contributed by atoms with Gasteiger partial charge in [-0.3, -0.25) is 10.1 Å². The molecule has 0 aliphatic heterocycles. The maximum atomic E-state index is 12.4. The van der Waals surface area contributed by atoms with Gasteiger partial charge >= 0.3 is 6.18 Å². The maximum Gasteiger partial charge on any atom is 0.417 e. The molecule has 0 radical (unpaired) electrons. The summed E-state index contributed by atoms with van der Waals surface area (Å²) in [6.45, 7) is 0. The number of halogens is 3. The van der Waals surface area contributed by atoms with Crippen LogP contribution < -0.4 is 0 Å². The molecule has 1 heterocycles. The summed E-state index contributed by atoms with van der Waals surface area (Å²) in [4.78, 5) is 13.5. The summed E-state index contributed by atoms with van der Waals surface area (Å²) in [5.41, 5.74) is -1.28. The SMILES string of the molecule is O=[N+]([O-])c1cccc2cc(C(F)(F)F)cnc12. The van der Waals surface area contributed by atoms with Crippen molar-refractivity contribution in [1.82, 2.24) is 4.98 Å². The number of nitro benzene ring substituents is 1. The summed E-state index contributed by atoms with van der Waals surface area (Å²) in [6, 6.07) is 4.71. The number of pyridine rings is 1. The monoisotopic (exact) mass is 242 g/mol. The number of hydrogen-bond donors (Lipinski definition) is 0. The molecule has 2 aromatic rings. The van der Waals surface area contributed by atoms with E-state index in [2.05, 4.69) is 4.98 Å². The van der Waals surface area contributed by atoms with Gasteiger partial charge in [-0.1, -0.05) is 12.1 Å². The van der Waals surface area contributed by atoms with Gasteiger partial charge in [-0.15, -0.1) is 0 Å². The fourth-order valence-electron chi connectivity index (χ4n) is 1.45. The Hall–Kier alpha value is -2.18. The van der Waals surface area contributed by atoms with Crippen LogP contribution in [0.15, 0.2) is 30.5 Å². The summed E-state index contributed by atoms with van der Waals surface area (Å²) >= 11 is 0. The fourth-order valence-corrected chi connectivity index (χ4v) is 1.45. The van der Waals surface area contributed by atoms with Crippen molar-refractivity contribution in [3.05, 3.63) is 46.1 Å². The van der Waals surface area contributed by atoms with Crippen LogP contribution in [0.2, 0.25) is 0 Å². The average molecular weight is 242 g/mol. The summed E-state index contributed by atoms with van der Waals surface area (Å²) in [5.74, 6) is 0. The number of hydrogen-bond acceptors (Lipinski definition) is 3. The van der Waals surface area contributed by atoms with Gasteiger partial charge in [0.1, 0.15) is 5.52 Å². The summed E-state index contributed by atoms with van der Waals surface area (Å²) < 4.78 is 37.2. The first kappa shape index (κ1) is 11.3. The second-order valence-corrected chi connectivity index (χ2v) is 3.33. The third kappa shape index (κ3) is 2.03. The highest BCUT2D eigenvalue weighted by molar-refractivity contribution is 5.87.